The number of hydrogen-bond acceptors (Lipinski definition) is 5. The standard InChI is InChI=1S/C23H32N2O4/c1-21(2)15-27-23(28-16-21)9-7-17(8-10-23)25-13-11-22(12-14-25)18-5-3-4-6-19(18)24-20(26)29-22/h3-6,17H,7-16H2,1-2H3,(H,24,26). The van der Waals surface area contributed by atoms with E-state index in [0.29, 0.717) is 6.04 Å². The number of rotatable bonds is 1. The molecule has 1 N–H and O–H groups in total. The molecule has 1 aromatic rings. The van der Waals surface area contributed by atoms with E-state index in [2.05, 4.69) is 30.1 Å². The Morgan fingerprint density at radius 3 is 2.34 bits per heavy atom. The van der Waals surface area contributed by atoms with E-state index in [1.54, 1.807) is 0 Å². The molecule has 3 heterocycles. The van der Waals surface area contributed by atoms with E-state index in [0.717, 1.165) is 76.1 Å². The lowest BCUT2D eigenvalue weighted by Gasteiger charge is -2.50. The van der Waals surface area contributed by atoms with Gasteiger partial charge in [0.25, 0.3) is 0 Å². The largest absolute Gasteiger partial charge is 0.438 e. The average Bonchev–Trinajstić information content (AvgIpc) is 2.72. The second-order valence-electron chi connectivity index (χ2n) is 9.97. The van der Waals surface area contributed by atoms with Crippen LogP contribution in [0, 0.1) is 5.41 Å². The number of nitrogens with zero attached hydrogens (tertiary/aromatic N) is 1. The van der Waals surface area contributed by atoms with E-state index in [4.69, 9.17) is 14.2 Å². The molecular weight excluding hydrogens is 368 g/mol. The molecule has 0 atom stereocenters. The molecule has 4 aliphatic rings. The van der Waals surface area contributed by atoms with E-state index in [9.17, 15) is 4.79 Å². The molecule has 1 aliphatic carbocycles. The first-order valence-corrected chi connectivity index (χ1v) is 11.0. The number of piperidine rings is 1. The number of anilines is 1. The Labute approximate surface area is 172 Å². The summed E-state index contributed by atoms with van der Waals surface area (Å²) in [4.78, 5) is 14.7. The van der Waals surface area contributed by atoms with Crippen LogP contribution in [0.3, 0.4) is 0 Å². The lowest BCUT2D eigenvalue weighted by atomic mass is 9.80. The van der Waals surface area contributed by atoms with Crippen LogP contribution in [0.5, 0.6) is 0 Å². The topological polar surface area (TPSA) is 60.0 Å². The molecule has 1 amide bonds. The van der Waals surface area contributed by atoms with Crippen LogP contribution in [0.25, 0.3) is 0 Å². The molecule has 1 saturated carbocycles. The lowest BCUT2D eigenvalue weighted by Crippen LogP contribution is -2.54. The predicted molar refractivity (Wildman–Crippen MR) is 110 cm³/mol. The summed E-state index contributed by atoms with van der Waals surface area (Å²) in [7, 11) is 0. The molecule has 3 fully saturated rings. The zero-order valence-corrected chi connectivity index (χ0v) is 17.5. The van der Waals surface area contributed by atoms with Crippen molar-refractivity contribution in [2.24, 2.45) is 5.41 Å². The number of para-hydroxylation sites is 1. The van der Waals surface area contributed by atoms with Gasteiger partial charge in [0.15, 0.2) is 5.79 Å². The average molecular weight is 401 g/mol. The van der Waals surface area contributed by atoms with Crippen molar-refractivity contribution in [3.05, 3.63) is 29.8 Å². The van der Waals surface area contributed by atoms with Gasteiger partial charge in [0.05, 0.1) is 18.9 Å². The van der Waals surface area contributed by atoms with Gasteiger partial charge in [-0.1, -0.05) is 32.0 Å². The second-order valence-corrected chi connectivity index (χ2v) is 9.97. The molecule has 0 unspecified atom stereocenters. The maximum Gasteiger partial charge on any atom is 0.412 e. The van der Waals surface area contributed by atoms with Crippen molar-refractivity contribution < 1.29 is 19.0 Å². The van der Waals surface area contributed by atoms with Gasteiger partial charge in [-0.3, -0.25) is 5.32 Å². The molecule has 3 aliphatic heterocycles. The molecule has 29 heavy (non-hydrogen) atoms. The van der Waals surface area contributed by atoms with E-state index in [1.807, 2.05) is 18.2 Å². The van der Waals surface area contributed by atoms with Crippen LogP contribution < -0.4 is 5.32 Å². The monoisotopic (exact) mass is 400 g/mol. The van der Waals surface area contributed by atoms with Gasteiger partial charge >= 0.3 is 6.09 Å². The third-order valence-electron chi connectivity index (χ3n) is 7.23. The Morgan fingerprint density at radius 2 is 1.66 bits per heavy atom. The molecule has 1 aromatic carbocycles. The molecule has 0 aromatic heterocycles. The maximum absolute atomic E-state index is 12.1. The quantitative estimate of drug-likeness (QED) is 0.764. The number of ether oxygens (including phenoxy) is 3. The number of fused-ring (bicyclic) bond motifs is 2. The Morgan fingerprint density at radius 1 is 1.00 bits per heavy atom. The Bertz CT molecular complexity index is 765. The fraction of sp³-hybridized carbons (Fsp3) is 0.696. The van der Waals surface area contributed by atoms with Gasteiger partial charge in [0.1, 0.15) is 5.60 Å². The zero-order chi connectivity index (χ0) is 20.1. The van der Waals surface area contributed by atoms with Gasteiger partial charge in [-0.15, -0.1) is 0 Å². The molecule has 6 heteroatoms. The SMILES string of the molecule is CC1(C)COC2(CCC(N3CCC4(CC3)OC(=O)Nc3ccccc34)CC2)OC1. The number of carbonyl (C=O) groups is 1. The molecule has 6 nitrogen and oxygen atoms in total. The highest BCUT2D eigenvalue weighted by atomic mass is 16.7. The van der Waals surface area contributed by atoms with Gasteiger partial charge in [-0.2, -0.15) is 0 Å². The van der Waals surface area contributed by atoms with E-state index < -0.39 is 5.60 Å². The van der Waals surface area contributed by atoms with Crippen molar-refractivity contribution >= 4 is 11.8 Å². The van der Waals surface area contributed by atoms with Gasteiger partial charge in [0.2, 0.25) is 0 Å². The number of likely N-dealkylation sites (tertiary alicyclic amines) is 1. The number of benzene rings is 1. The van der Waals surface area contributed by atoms with Crippen molar-refractivity contribution in [3.63, 3.8) is 0 Å². The highest BCUT2D eigenvalue weighted by Crippen LogP contribution is 2.45. The summed E-state index contributed by atoms with van der Waals surface area (Å²) < 4.78 is 18.3. The summed E-state index contributed by atoms with van der Waals surface area (Å²) in [5.74, 6) is -0.355. The molecule has 0 radical (unpaired) electrons. The number of amides is 1. The molecular formula is C23H32N2O4. The Balaban J connectivity index is 1.21. The molecule has 158 valence electrons. The number of carbonyl (C=O) groups excluding carboxylic acids is 1. The fourth-order valence-electron chi connectivity index (χ4n) is 5.41. The Hall–Kier alpha value is -1.63. The van der Waals surface area contributed by atoms with Crippen LogP contribution in [-0.4, -0.2) is 49.1 Å². The first-order valence-electron chi connectivity index (χ1n) is 11.0. The van der Waals surface area contributed by atoms with Crippen LogP contribution in [0.1, 0.15) is 57.9 Å². The minimum Gasteiger partial charge on any atom is -0.438 e. The summed E-state index contributed by atoms with van der Waals surface area (Å²) in [6, 6.07) is 8.61. The van der Waals surface area contributed by atoms with Crippen molar-refractivity contribution in [1.82, 2.24) is 4.90 Å². The summed E-state index contributed by atoms with van der Waals surface area (Å²) >= 11 is 0. The van der Waals surface area contributed by atoms with Gasteiger partial charge in [-0.25, -0.2) is 4.79 Å². The van der Waals surface area contributed by atoms with Gasteiger partial charge < -0.3 is 19.1 Å². The third kappa shape index (κ3) is 3.56. The van der Waals surface area contributed by atoms with E-state index in [-0.39, 0.29) is 17.3 Å². The first-order chi connectivity index (χ1) is 13.9. The summed E-state index contributed by atoms with van der Waals surface area (Å²) in [6.07, 6.45) is 5.51. The molecule has 5 rings (SSSR count). The molecule has 0 bridgehead atoms. The number of hydrogen-bond donors (Lipinski definition) is 1. The Kier molecular flexibility index (Phi) is 4.64. The summed E-state index contributed by atoms with van der Waals surface area (Å²) in [6.45, 7) is 7.86. The minimum absolute atomic E-state index is 0.117. The molecule has 2 spiro atoms. The summed E-state index contributed by atoms with van der Waals surface area (Å²) in [5.41, 5.74) is 1.65. The fourth-order valence-corrected chi connectivity index (χ4v) is 5.41. The number of nitrogens with one attached hydrogen (secondary N) is 1. The second kappa shape index (κ2) is 6.96. The lowest BCUT2D eigenvalue weighted by molar-refractivity contribution is -0.312. The first kappa shape index (κ1) is 19.3. The van der Waals surface area contributed by atoms with Crippen molar-refractivity contribution in [2.75, 3.05) is 31.6 Å². The van der Waals surface area contributed by atoms with Crippen molar-refractivity contribution in [3.8, 4) is 0 Å². The predicted octanol–water partition coefficient (Wildman–Crippen LogP) is 4.25. The zero-order valence-electron chi connectivity index (χ0n) is 17.5. The van der Waals surface area contributed by atoms with E-state index in [1.165, 1.54) is 0 Å². The van der Waals surface area contributed by atoms with Crippen LogP contribution in [0.4, 0.5) is 10.5 Å². The highest BCUT2D eigenvalue weighted by molar-refractivity contribution is 5.88. The van der Waals surface area contributed by atoms with Crippen molar-refractivity contribution in [1.29, 1.82) is 0 Å². The van der Waals surface area contributed by atoms with Crippen molar-refractivity contribution in [2.45, 2.75) is 69.8 Å². The normalized spacial score (nSPS) is 28.6. The smallest absolute Gasteiger partial charge is 0.412 e. The maximum atomic E-state index is 12.1. The van der Waals surface area contributed by atoms with Crippen LogP contribution >= 0.6 is 0 Å². The van der Waals surface area contributed by atoms with Gasteiger partial charge in [0, 0.05) is 55.8 Å². The van der Waals surface area contributed by atoms with Crippen LogP contribution in [0.15, 0.2) is 24.3 Å². The van der Waals surface area contributed by atoms with Crippen LogP contribution in [-0.2, 0) is 19.8 Å². The van der Waals surface area contributed by atoms with Crippen LogP contribution in [0.2, 0.25) is 0 Å². The van der Waals surface area contributed by atoms with E-state index >= 15 is 0 Å². The summed E-state index contributed by atoms with van der Waals surface area (Å²) in [5, 5.41) is 2.84. The third-order valence-corrected chi connectivity index (χ3v) is 7.23. The minimum atomic E-state index is -0.480. The highest BCUT2D eigenvalue weighted by Gasteiger charge is 2.47. The van der Waals surface area contributed by atoms with Gasteiger partial charge in [-0.05, 0) is 18.9 Å². The molecule has 2 saturated heterocycles.